The smallest absolute Gasteiger partial charge is 0.0822 e. The molecule has 2 aliphatic rings. The predicted molar refractivity (Wildman–Crippen MR) is 79.9 cm³/mol. The van der Waals surface area contributed by atoms with Crippen LogP contribution in [0.4, 0.5) is 5.69 Å². The maximum Gasteiger partial charge on any atom is 0.0822 e. The van der Waals surface area contributed by atoms with Gasteiger partial charge in [0.2, 0.25) is 0 Å². The summed E-state index contributed by atoms with van der Waals surface area (Å²) in [6, 6.07) is 2.82. The van der Waals surface area contributed by atoms with Crippen LogP contribution in [0, 0.1) is 0 Å². The number of nitrogens with zero attached hydrogens (tertiary/aromatic N) is 3. The van der Waals surface area contributed by atoms with Crippen LogP contribution >= 0.6 is 11.6 Å². The molecule has 0 spiro atoms. The van der Waals surface area contributed by atoms with E-state index in [1.807, 2.05) is 12.3 Å². The molecule has 0 saturated carbocycles. The maximum atomic E-state index is 6.23. The molecule has 4 heteroatoms. The Balaban J connectivity index is 1.58. The van der Waals surface area contributed by atoms with Gasteiger partial charge in [-0.2, -0.15) is 0 Å². The fourth-order valence-electron chi connectivity index (χ4n) is 3.38. The lowest BCUT2D eigenvalue weighted by atomic mass is 9.99. The van der Waals surface area contributed by atoms with E-state index >= 15 is 0 Å². The van der Waals surface area contributed by atoms with E-state index in [0.29, 0.717) is 0 Å². The van der Waals surface area contributed by atoms with Crippen LogP contribution in [0.5, 0.6) is 0 Å². The molecule has 3 heterocycles. The largest absolute Gasteiger partial charge is 0.370 e. The zero-order valence-electron chi connectivity index (χ0n) is 11.4. The zero-order valence-corrected chi connectivity index (χ0v) is 12.1. The van der Waals surface area contributed by atoms with Crippen molar-refractivity contribution in [1.29, 1.82) is 0 Å². The molecule has 2 fully saturated rings. The van der Waals surface area contributed by atoms with Crippen molar-refractivity contribution in [3.05, 3.63) is 23.5 Å². The van der Waals surface area contributed by atoms with Gasteiger partial charge in [0, 0.05) is 31.5 Å². The molecular formula is C15H22ClN3. The number of piperidine rings is 2. The van der Waals surface area contributed by atoms with Crippen LogP contribution in [0.15, 0.2) is 18.5 Å². The van der Waals surface area contributed by atoms with E-state index < -0.39 is 0 Å². The van der Waals surface area contributed by atoms with Crippen LogP contribution in [0.3, 0.4) is 0 Å². The van der Waals surface area contributed by atoms with E-state index in [2.05, 4.69) is 14.8 Å². The quantitative estimate of drug-likeness (QED) is 0.829. The molecule has 0 aliphatic carbocycles. The van der Waals surface area contributed by atoms with Crippen LogP contribution in [0.2, 0.25) is 5.02 Å². The van der Waals surface area contributed by atoms with Crippen LogP contribution < -0.4 is 4.90 Å². The van der Waals surface area contributed by atoms with Gasteiger partial charge in [-0.1, -0.05) is 18.0 Å². The van der Waals surface area contributed by atoms with Crippen LogP contribution in [-0.4, -0.2) is 42.1 Å². The second-order valence-electron chi connectivity index (χ2n) is 5.64. The van der Waals surface area contributed by atoms with Crippen LogP contribution in [-0.2, 0) is 0 Å². The van der Waals surface area contributed by atoms with E-state index in [1.165, 1.54) is 45.2 Å². The molecular weight excluding hydrogens is 258 g/mol. The first-order chi connectivity index (χ1) is 9.34. The zero-order chi connectivity index (χ0) is 13.1. The highest BCUT2D eigenvalue weighted by molar-refractivity contribution is 6.33. The molecule has 0 atom stereocenters. The minimum Gasteiger partial charge on any atom is -0.370 e. The number of rotatable bonds is 2. The van der Waals surface area contributed by atoms with Crippen molar-refractivity contribution in [2.75, 3.05) is 31.1 Å². The fraction of sp³-hybridized carbons (Fsp3) is 0.667. The summed E-state index contributed by atoms with van der Waals surface area (Å²) in [6.07, 6.45) is 10.3. The molecule has 3 nitrogen and oxygen atoms in total. The van der Waals surface area contributed by atoms with Crippen molar-refractivity contribution in [1.82, 2.24) is 9.88 Å². The highest BCUT2D eigenvalue weighted by Crippen LogP contribution is 2.28. The van der Waals surface area contributed by atoms with Crippen molar-refractivity contribution in [2.45, 2.75) is 38.1 Å². The topological polar surface area (TPSA) is 19.4 Å². The lowest BCUT2D eigenvalue weighted by Crippen LogP contribution is -2.46. The Kier molecular flexibility index (Phi) is 4.24. The first-order valence-electron chi connectivity index (χ1n) is 7.43. The normalized spacial score (nSPS) is 22.7. The fourth-order valence-corrected chi connectivity index (χ4v) is 3.62. The van der Waals surface area contributed by atoms with E-state index in [-0.39, 0.29) is 0 Å². The van der Waals surface area contributed by atoms with E-state index in [4.69, 9.17) is 11.6 Å². The van der Waals surface area contributed by atoms with Gasteiger partial charge in [0.1, 0.15) is 0 Å². The minimum absolute atomic E-state index is 0.777. The van der Waals surface area contributed by atoms with Gasteiger partial charge in [0.15, 0.2) is 0 Å². The molecule has 0 amide bonds. The first kappa shape index (κ1) is 13.2. The Morgan fingerprint density at radius 3 is 2.47 bits per heavy atom. The lowest BCUT2D eigenvalue weighted by Gasteiger charge is -2.41. The molecule has 1 aromatic rings. The summed E-state index contributed by atoms with van der Waals surface area (Å²) in [5, 5.41) is 0.777. The van der Waals surface area contributed by atoms with Crippen molar-refractivity contribution in [3.63, 3.8) is 0 Å². The molecule has 0 aromatic carbocycles. The van der Waals surface area contributed by atoms with Crippen molar-refractivity contribution < 1.29 is 0 Å². The summed E-state index contributed by atoms with van der Waals surface area (Å²) in [5.74, 6) is 0. The van der Waals surface area contributed by atoms with Crippen LogP contribution in [0.25, 0.3) is 0 Å². The van der Waals surface area contributed by atoms with Crippen LogP contribution in [0.1, 0.15) is 32.1 Å². The summed E-state index contributed by atoms with van der Waals surface area (Å²) in [7, 11) is 0. The molecule has 0 N–H and O–H groups in total. The van der Waals surface area contributed by atoms with Gasteiger partial charge < -0.3 is 9.80 Å². The standard InChI is InChI=1S/C15H22ClN3/c16-14-12-17-7-4-15(14)19-10-5-13(6-11-19)18-8-2-1-3-9-18/h4,7,12-13H,1-3,5-6,8-11H2. The highest BCUT2D eigenvalue weighted by atomic mass is 35.5. The third kappa shape index (κ3) is 3.03. The Morgan fingerprint density at radius 2 is 1.79 bits per heavy atom. The molecule has 0 radical (unpaired) electrons. The molecule has 19 heavy (non-hydrogen) atoms. The SMILES string of the molecule is Clc1cnccc1N1CCC(N2CCCCC2)CC1. The third-order valence-corrected chi connectivity index (χ3v) is 4.75. The molecule has 1 aromatic heterocycles. The molecule has 0 unspecified atom stereocenters. The maximum absolute atomic E-state index is 6.23. The molecule has 2 saturated heterocycles. The monoisotopic (exact) mass is 279 g/mol. The summed E-state index contributed by atoms with van der Waals surface area (Å²) in [4.78, 5) is 9.17. The Bertz CT molecular complexity index is 410. The van der Waals surface area contributed by atoms with Gasteiger partial charge in [-0.3, -0.25) is 4.98 Å². The second kappa shape index (κ2) is 6.10. The van der Waals surface area contributed by atoms with E-state index in [9.17, 15) is 0 Å². The lowest BCUT2D eigenvalue weighted by molar-refractivity contribution is 0.141. The molecule has 0 bridgehead atoms. The number of hydrogen-bond donors (Lipinski definition) is 0. The minimum atomic E-state index is 0.777. The van der Waals surface area contributed by atoms with Gasteiger partial charge in [0.25, 0.3) is 0 Å². The van der Waals surface area contributed by atoms with Crippen molar-refractivity contribution in [2.24, 2.45) is 0 Å². The number of anilines is 1. The number of aromatic nitrogens is 1. The Morgan fingerprint density at radius 1 is 1.05 bits per heavy atom. The molecule has 2 aliphatic heterocycles. The predicted octanol–water partition coefficient (Wildman–Crippen LogP) is 3.19. The number of hydrogen-bond acceptors (Lipinski definition) is 3. The summed E-state index contributed by atoms with van der Waals surface area (Å²) in [6.45, 7) is 4.84. The second-order valence-corrected chi connectivity index (χ2v) is 6.05. The Labute approximate surface area is 120 Å². The molecule has 104 valence electrons. The molecule has 3 rings (SSSR count). The third-order valence-electron chi connectivity index (χ3n) is 4.46. The Hall–Kier alpha value is -0.800. The summed E-state index contributed by atoms with van der Waals surface area (Å²) >= 11 is 6.23. The van der Waals surface area contributed by atoms with Gasteiger partial charge in [-0.05, 0) is 44.8 Å². The first-order valence-corrected chi connectivity index (χ1v) is 7.81. The average molecular weight is 280 g/mol. The van der Waals surface area contributed by atoms with E-state index in [0.717, 1.165) is 29.8 Å². The highest BCUT2D eigenvalue weighted by Gasteiger charge is 2.26. The number of halogens is 1. The number of pyridine rings is 1. The van der Waals surface area contributed by atoms with Gasteiger partial charge in [-0.15, -0.1) is 0 Å². The van der Waals surface area contributed by atoms with Gasteiger partial charge in [-0.25, -0.2) is 0 Å². The van der Waals surface area contributed by atoms with Gasteiger partial charge in [0.05, 0.1) is 10.7 Å². The summed E-state index contributed by atoms with van der Waals surface area (Å²) < 4.78 is 0. The van der Waals surface area contributed by atoms with Gasteiger partial charge >= 0.3 is 0 Å². The summed E-state index contributed by atoms with van der Waals surface area (Å²) in [5.41, 5.74) is 1.15. The van der Waals surface area contributed by atoms with Crippen molar-refractivity contribution >= 4 is 17.3 Å². The van der Waals surface area contributed by atoms with E-state index in [1.54, 1.807) is 6.20 Å². The average Bonchev–Trinajstić information content (AvgIpc) is 2.49. The van der Waals surface area contributed by atoms with Crippen molar-refractivity contribution in [3.8, 4) is 0 Å². The number of likely N-dealkylation sites (tertiary alicyclic amines) is 1.